The van der Waals surface area contributed by atoms with Gasteiger partial charge in [-0.15, -0.1) is 0 Å². The molecule has 0 unspecified atom stereocenters. The van der Waals surface area contributed by atoms with Gasteiger partial charge in [-0.05, 0) is 25.7 Å². The third-order valence-electron chi connectivity index (χ3n) is 3.42. The van der Waals surface area contributed by atoms with Gasteiger partial charge in [0.25, 0.3) is 0 Å². The van der Waals surface area contributed by atoms with Crippen LogP contribution in [0.25, 0.3) is 0 Å². The molecule has 0 saturated heterocycles. The number of hydrogen-bond donors (Lipinski definition) is 1. The first-order valence-corrected chi connectivity index (χ1v) is 6.46. The number of thiol groups is 1. The molecule has 15 heavy (non-hydrogen) atoms. The summed E-state index contributed by atoms with van der Waals surface area (Å²) in [5.74, 6) is 0.922. The summed E-state index contributed by atoms with van der Waals surface area (Å²) in [5.41, 5.74) is 2.17. The van der Waals surface area contributed by atoms with Crippen LogP contribution in [-0.2, 0) is 0 Å². The van der Waals surface area contributed by atoms with Crippen LogP contribution in [-0.4, -0.2) is 29.3 Å². The lowest BCUT2D eigenvalue weighted by Crippen LogP contribution is -2.48. The van der Waals surface area contributed by atoms with Gasteiger partial charge in [0.15, 0.2) is 0 Å². The van der Waals surface area contributed by atoms with E-state index in [1.165, 1.54) is 13.0 Å². The molecular weight excluding hydrogens is 202 g/mol. The zero-order valence-electron chi connectivity index (χ0n) is 10.8. The van der Waals surface area contributed by atoms with Crippen LogP contribution in [0.15, 0.2) is 11.6 Å². The van der Waals surface area contributed by atoms with E-state index in [4.69, 9.17) is 0 Å². The molecule has 0 N–H and O–H groups in total. The summed E-state index contributed by atoms with van der Waals surface area (Å²) in [6.07, 6.45) is 3.62. The highest BCUT2D eigenvalue weighted by Gasteiger charge is 2.28. The molecule has 0 spiro atoms. The normalized spacial score (nSPS) is 20.3. The van der Waals surface area contributed by atoms with Crippen LogP contribution in [0, 0.1) is 5.41 Å². The maximum atomic E-state index is 4.43. The third-order valence-corrected chi connectivity index (χ3v) is 4.19. The van der Waals surface area contributed by atoms with Gasteiger partial charge in [0.2, 0.25) is 0 Å². The monoisotopic (exact) mass is 227 g/mol. The fraction of sp³-hybridized carbons (Fsp3) is 0.846. The van der Waals surface area contributed by atoms with Crippen LogP contribution in [0.3, 0.4) is 0 Å². The Morgan fingerprint density at radius 2 is 1.87 bits per heavy atom. The first-order valence-electron chi connectivity index (χ1n) is 5.83. The lowest BCUT2D eigenvalue weighted by molar-refractivity contribution is 0.149. The summed E-state index contributed by atoms with van der Waals surface area (Å²) in [6, 6.07) is 0. The van der Waals surface area contributed by atoms with E-state index in [2.05, 4.69) is 58.2 Å². The summed E-state index contributed by atoms with van der Waals surface area (Å²) in [4.78, 5) is 2.52. The van der Waals surface area contributed by atoms with Gasteiger partial charge in [0.05, 0.1) is 0 Å². The number of rotatable bonds is 2. The molecule has 2 heteroatoms. The molecule has 0 fully saturated rings. The first-order chi connectivity index (χ1) is 6.77. The topological polar surface area (TPSA) is 3.24 Å². The van der Waals surface area contributed by atoms with Crippen LogP contribution in [0.4, 0.5) is 0 Å². The maximum Gasteiger partial charge on any atom is 0.0244 e. The lowest BCUT2D eigenvalue weighted by Gasteiger charge is -2.41. The summed E-state index contributed by atoms with van der Waals surface area (Å²) >= 11 is 4.43. The molecule has 88 valence electrons. The molecule has 0 aromatic rings. The molecule has 0 aromatic carbocycles. The lowest BCUT2D eigenvalue weighted by atomic mass is 9.82. The fourth-order valence-electron chi connectivity index (χ4n) is 2.00. The Bertz CT molecular complexity index is 248. The van der Waals surface area contributed by atoms with Crippen molar-refractivity contribution in [2.24, 2.45) is 5.41 Å². The van der Waals surface area contributed by atoms with Gasteiger partial charge in [0, 0.05) is 24.4 Å². The van der Waals surface area contributed by atoms with Crippen molar-refractivity contribution in [3.63, 3.8) is 0 Å². The molecule has 0 saturated carbocycles. The van der Waals surface area contributed by atoms with E-state index in [9.17, 15) is 0 Å². The third kappa shape index (κ3) is 3.25. The van der Waals surface area contributed by atoms with E-state index >= 15 is 0 Å². The van der Waals surface area contributed by atoms with E-state index in [0.29, 0.717) is 5.41 Å². The minimum atomic E-state index is 0.225. The van der Waals surface area contributed by atoms with Crippen molar-refractivity contribution in [3.05, 3.63) is 11.6 Å². The molecule has 0 aromatic heterocycles. The Hall–Kier alpha value is 0.0500. The molecule has 0 atom stereocenters. The van der Waals surface area contributed by atoms with Crippen LogP contribution in [0.5, 0.6) is 0 Å². The summed E-state index contributed by atoms with van der Waals surface area (Å²) in [5, 5.41) is 0. The molecule has 1 aliphatic heterocycles. The zero-order valence-corrected chi connectivity index (χ0v) is 11.7. The van der Waals surface area contributed by atoms with Crippen molar-refractivity contribution in [1.82, 2.24) is 4.90 Å². The van der Waals surface area contributed by atoms with Gasteiger partial charge < -0.3 is 0 Å². The maximum absolute atomic E-state index is 4.43. The SMILES string of the molecule is CC(C)(C)C1=CCN(C(C)(C)CS)CC1. The molecule has 0 bridgehead atoms. The van der Waals surface area contributed by atoms with E-state index in [-0.39, 0.29) is 5.54 Å². The predicted octanol–water partition coefficient (Wildman–Crippen LogP) is 3.37. The Morgan fingerprint density at radius 3 is 2.20 bits per heavy atom. The van der Waals surface area contributed by atoms with Crippen molar-refractivity contribution in [2.45, 2.75) is 46.6 Å². The summed E-state index contributed by atoms with van der Waals surface area (Å²) < 4.78 is 0. The van der Waals surface area contributed by atoms with Gasteiger partial charge in [0.1, 0.15) is 0 Å². The minimum absolute atomic E-state index is 0.225. The highest BCUT2D eigenvalue weighted by Crippen LogP contribution is 2.32. The van der Waals surface area contributed by atoms with Gasteiger partial charge in [-0.2, -0.15) is 12.6 Å². The van der Waals surface area contributed by atoms with E-state index in [1.807, 2.05) is 0 Å². The Kier molecular flexibility index (Phi) is 3.94. The first kappa shape index (κ1) is 13.1. The van der Waals surface area contributed by atoms with Crippen molar-refractivity contribution < 1.29 is 0 Å². The van der Waals surface area contributed by atoms with Crippen molar-refractivity contribution >= 4 is 12.6 Å². The highest BCUT2D eigenvalue weighted by atomic mass is 32.1. The van der Waals surface area contributed by atoms with Crippen molar-refractivity contribution in [1.29, 1.82) is 0 Å². The van der Waals surface area contributed by atoms with Crippen molar-refractivity contribution in [2.75, 3.05) is 18.8 Å². The standard InChI is InChI=1S/C13H25NS/c1-12(2,3)11-6-8-14(9-7-11)13(4,5)10-15/h6,15H,7-10H2,1-5H3. The summed E-state index contributed by atoms with van der Waals surface area (Å²) in [6.45, 7) is 13.7. The number of nitrogens with zero attached hydrogens (tertiary/aromatic N) is 1. The smallest absolute Gasteiger partial charge is 0.0244 e. The molecule has 0 amide bonds. The quantitative estimate of drug-likeness (QED) is 0.559. The molecule has 0 radical (unpaired) electrons. The van der Waals surface area contributed by atoms with Crippen LogP contribution in [0.1, 0.15) is 41.0 Å². The van der Waals surface area contributed by atoms with Crippen LogP contribution in [0.2, 0.25) is 0 Å². The molecule has 0 aliphatic carbocycles. The van der Waals surface area contributed by atoms with Gasteiger partial charge >= 0.3 is 0 Å². The van der Waals surface area contributed by atoms with Gasteiger partial charge in [-0.3, -0.25) is 4.90 Å². The Balaban J connectivity index is 2.66. The van der Waals surface area contributed by atoms with Crippen LogP contribution < -0.4 is 0 Å². The van der Waals surface area contributed by atoms with E-state index in [0.717, 1.165) is 12.3 Å². The molecule has 1 aliphatic rings. The predicted molar refractivity (Wildman–Crippen MR) is 71.7 cm³/mol. The average molecular weight is 227 g/mol. The molecule has 1 nitrogen and oxygen atoms in total. The largest absolute Gasteiger partial charge is 0.293 e. The zero-order chi connectivity index (χ0) is 11.7. The average Bonchev–Trinajstić information content (AvgIpc) is 2.17. The second kappa shape index (κ2) is 4.50. The number of hydrogen-bond acceptors (Lipinski definition) is 2. The highest BCUT2D eigenvalue weighted by molar-refractivity contribution is 7.80. The molecular formula is C13H25NS. The van der Waals surface area contributed by atoms with Gasteiger partial charge in [-0.25, -0.2) is 0 Å². The van der Waals surface area contributed by atoms with Gasteiger partial charge in [-0.1, -0.05) is 32.4 Å². The van der Waals surface area contributed by atoms with Crippen LogP contribution >= 0.6 is 12.6 Å². The van der Waals surface area contributed by atoms with E-state index in [1.54, 1.807) is 5.57 Å². The van der Waals surface area contributed by atoms with Crippen molar-refractivity contribution in [3.8, 4) is 0 Å². The fourth-order valence-corrected chi connectivity index (χ4v) is 2.20. The van der Waals surface area contributed by atoms with E-state index < -0.39 is 0 Å². The minimum Gasteiger partial charge on any atom is -0.293 e. The summed E-state index contributed by atoms with van der Waals surface area (Å²) in [7, 11) is 0. The molecule has 1 heterocycles. The Labute approximate surface area is 100 Å². The second-order valence-corrected chi connectivity index (χ2v) is 6.46. The molecule has 1 rings (SSSR count). The Morgan fingerprint density at radius 1 is 1.27 bits per heavy atom. The second-order valence-electron chi connectivity index (χ2n) is 6.15.